The van der Waals surface area contributed by atoms with Gasteiger partial charge < -0.3 is 9.64 Å². The Labute approximate surface area is 129 Å². The van der Waals surface area contributed by atoms with Crippen molar-refractivity contribution < 1.29 is 9.53 Å². The average Bonchev–Trinajstić information content (AvgIpc) is 2.97. The van der Waals surface area contributed by atoms with Crippen molar-refractivity contribution in [3.05, 3.63) is 0 Å². The summed E-state index contributed by atoms with van der Waals surface area (Å²) in [5, 5.41) is 3.59. The number of rotatable bonds is 6. The molecule has 0 radical (unpaired) electrons. The highest BCUT2D eigenvalue weighted by Gasteiger charge is 2.47. The molecule has 122 valence electrons. The van der Waals surface area contributed by atoms with Gasteiger partial charge in [0.15, 0.2) is 0 Å². The van der Waals surface area contributed by atoms with Crippen LogP contribution in [0.25, 0.3) is 0 Å². The SMILES string of the molecule is CCC1OCCC1CN1C(=O)C(C)(CC)NC1CC(C)C. The van der Waals surface area contributed by atoms with E-state index in [1.807, 2.05) is 6.92 Å². The van der Waals surface area contributed by atoms with Crippen LogP contribution in [0.5, 0.6) is 0 Å². The zero-order valence-corrected chi connectivity index (χ0v) is 14.3. The number of ether oxygens (including phenoxy) is 1. The standard InChI is InChI=1S/C17H32N2O2/c1-6-14-13(8-9-21-14)11-19-15(10-12(3)4)18-17(5,7-2)16(19)20/h12-15,18H,6-11H2,1-5H3. The van der Waals surface area contributed by atoms with Gasteiger partial charge in [-0.1, -0.05) is 27.7 Å². The van der Waals surface area contributed by atoms with E-state index in [1.54, 1.807) is 0 Å². The molecule has 0 saturated carbocycles. The second kappa shape index (κ2) is 6.66. The van der Waals surface area contributed by atoms with E-state index < -0.39 is 0 Å². The Morgan fingerprint density at radius 1 is 1.43 bits per heavy atom. The van der Waals surface area contributed by atoms with Crippen LogP contribution in [-0.2, 0) is 9.53 Å². The molecule has 2 fully saturated rings. The number of hydrogen-bond donors (Lipinski definition) is 1. The smallest absolute Gasteiger partial charge is 0.243 e. The van der Waals surface area contributed by atoms with Crippen LogP contribution in [0.4, 0.5) is 0 Å². The molecule has 0 spiro atoms. The Kier molecular flexibility index (Phi) is 5.31. The maximum atomic E-state index is 12.9. The molecule has 4 atom stereocenters. The molecule has 2 aliphatic rings. The lowest BCUT2D eigenvalue weighted by Gasteiger charge is -2.29. The first-order valence-electron chi connectivity index (χ1n) is 8.61. The van der Waals surface area contributed by atoms with Crippen LogP contribution in [0.1, 0.15) is 60.3 Å². The minimum absolute atomic E-state index is 0.181. The fourth-order valence-corrected chi connectivity index (χ4v) is 3.67. The summed E-state index contributed by atoms with van der Waals surface area (Å²) in [6.45, 7) is 12.4. The van der Waals surface area contributed by atoms with Gasteiger partial charge in [0.1, 0.15) is 0 Å². The molecule has 2 rings (SSSR count). The molecular formula is C17H32N2O2. The van der Waals surface area contributed by atoms with Crippen LogP contribution >= 0.6 is 0 Å². The number of nitrogens with zero attached hydrogens (tertiary/aromatic N) is 1. The molecule has 2 saturated heterocycles. The zero-order chi connectivity index (χ0) is 15.6. The summed E-state index contributed by atoms with van der Waals surface area (Å²) >= 11 is 0. The third-order valence-electron chi connectivity index (χ3n) is 5.18. The third-order valence-corrected chi connectivity index (χ3v) is 5.18. The van der Waals surface area contributed by atoms with Gasteiger partial charge in [0, 0.05) is 19.1 Å². The Hall–Kier alpha value is -0.610. The van der Waals surface area contributed by atoms with Crippen molar-refractivity contribution in [3.8, 4) is 0 Å². The van der Waals surface area contributed by atoms with Crippen LogP contribution in [0.15, 0.2) is 0 Å². The molecule has 2 aliphatic heterocycles. The van der Waals surface area contributed by atoms with Crippen molar-refractivity contribution in [2.45, 2.75) is 78.1 Å². The summed E-state index contributed by atoms with van der Waals surface area (Å²) < 4.78 is 5.80. The molecule has 2 heterocycles. The van der Waals surface area contributed by atoms with Crippen LogP contribution in [0.3, 0.4) is 0 Å². The van der Waals surface area contributed by atoms with Crippen molar-refractivity contribution in [2.24, 2.45) is 11.8 Å². The van der Waals surface area contributed by atoms with Crippen LogP contribution in [0.2, 0.25) is 0 Å². The van der Waals surface area contributed by atoms with Crippen molar-refractivity contribution in [1.29, 1.82) is 0 Å². The topological polar surface area (TPSA) is 41.6 Å². The summed E-state index contributed by atoms with van der Waals surface area (Å²) in [6.07, 6.45) is 4.49. The van der Waals surface area contributed by atoms with E-state index in [9.17, 15) is 4.79 Å². The second-order valence-electron chi connectivity index (χ2n) is 7.30. The number of amides is 1. The Morgan fingerprint density at radius 3 is 2.71 bits per heavy atom. The summed E-state index contributed by atoms with van der Waals surface area (Å²) in [5.74, 6) is 1.35. The Morgan fingerprint density at radius 2 is 2.14 bits per heavy atom. The summed E-state index contributed by atoms with van der Waals surface area (Å²) in [5.41, 5.74) is -0.388. The van der Waals surface area contributed by atoms with Crippen molar-refractivity contribution in [1.82, 2.24) is 10.2 Å². The Balaban J connectivity index is 2.11. The van der Waals surface area contributed by atoms with Gasteiger partial charge in [-0.05, 0) is 38.5 Å². The number of nitrogens with one attached hydrogen (secondary N) is 1. The first kappa shape index (κ1) is 16.8. The molecule has 0 aliphatic carbocycles. The van der Waals surface area contributed by atoms with Crippen molar-refractivity contribution >= 4 is 5.91 Å². The zero-order valence-electron chi connectivity index (χ0n) is 14.3. The van der Waals surface area contributed by atoms with E-state index in [1.165, 1.54) is 0 Å². The normalized spacial score (nSPS) is 37.0. The summed E-state index contributed by atoms with van der Waals surface area (Å²) in [7, 11) is 0. The lowest BCUT2D eigenvalue weighted by atomic mass is 9.96. The molecule has 4 unspecified atom stereocenters. The maximum Gasteiger partial charge on any atom is 0.243 e. The predicted molar refractivity (Wildman–Crippen MR) is 84.9 cm³/mol. The molecule has 1 N–H and O–H groups in total. The highest BCUT2D eigenvalue weighted by atomic mass is 16.5. The molecular weight excluding hydrogens is 264 g/mol. The predicted octanol–water partition coefficient (Wildman–Crippen LogP) is 2.77. The molecule has 0 aromatic carbocycles. The van der Waals surface area contributed by atoms with Gasteiger partial charge in [-0.15, -0.1) is 0 Å². The van der Waals surface area contributed by atoms with Gasteiger partial charge >= 0.3 is 0 Å². The number of carbonyl (C=O) groups is 1. The molecule has 0 aromatic heterocycles. The van der Waals surface area contributed by atoms with Gasteiger partial charge in [0.2, 0.25) is 5.91 Å². The first-order valence-corrected chi connectivity index (χ1v) is 8.61. The van der Waals surface area contributed by atoms with Gasteiger partial charge in [0.25, 0.3) is 0 Å². The lowest BCUT2D eigenvalue weighted by molar-refractivity contribution is -0.133. The summed E-state index contributed by atoms with van der Waals surface area (Å²) in [6, 6.07) is 0. The van der Waals surface area contributed by atoms with E-state index in [4.69, 9.17) is 4.74 Å². The van der Waals surface area contributed by atoms with Gasteiger partial charge in [0.05, 0.1) is 17.8 Å². The largest absolute Gasteiger partial charge is 0.378 e. The molecule has 4 nitrogen and oxygen atoms in total. The lowest BCUT2D eigenvalue weighted by Crippen LogP contribution is -2.44. The monoisotopic (exact) mass is 296 g/mol. The molecule has 1 amide bonds. The van der Waals surface area contributed by atoms with Gasteiger partial charge in [-0.2, -0.15) is 0 Å². The Bertz CT molecular complexity index is 372. The number of hydrogen-bond acceptors (Lipinski definition) is 3. The van der Waals surface area contributed by atoms with Crippen molar-refractivity contribution in [3.63, 3.8) is 0 Å². The van der Waals surface area contributed by atoms with Crippen LogP contribution < -0.4 is 5.32 Å². The minimum Gasteiger partial charge on any atom is -0.378 e. The van der Waals surface area contributed by atoms with E-state index in [0.717, 1.165) is 38.8 Å². The maximum absolute atomic E-state index is 12.9. The second-order valence-corrected chi connectivity index (χ2v) is 7.30. The fraction of sp³-hybridized carbons (Fsp3) is 0.941. The highest BCUT2D eigenvalue weighted by molar-refractivity contribution is 5.88. The fourth-order valence-electron chi connectivity index (χ4n) is 3.67. The van der Waals surface area contributed by atoms with E-state index in [-0.39, 0.29) is 17.6 Å². The molecule has 4 heteroatoms. The average molecular weight is 296 g/mol. The highest BCUT2D eigenvalue weighted by Crippen LogP contribution is 2.31. The molecule has 0 aromatic rings. The molecule has 21 heavy (non-hydrogen) atoms. The first-order chi connectivity index (χ1) is 9.91. The van der Waals surface area contributed by atoms with Gasteiger partial charge in [-0.25, -0.2) is 0 Å². The number of carbonyl (C=O) groups excluding carboxylic acids is 1. The van der Waals surface area contributed by atoms with E-state index in [2.05, 4.69) is 37.9 Å². The van der Waals surface area contributed by atoms with Crippen LogP contribution in [-0.4, -0.2) is 41.8 Å². The van der Waals surface area contributed by atoms with E-state index in [0.29, 0.717) is 17.9 Å². The molecule has 0 bridgehead atoms. The van der Waals surface area contributed by atoms with Crippen molar-refractivity contribution in [2.75, 3.05) is 13.2 Å². The van der Waals surface area contributed by atoms with E-state index >= 15 is 0 Å². The quantitative estimate of drug-likeness (QED) is 0.819. The third kappa shape index (κ3) is 3.42. The van der Waals surface area contributed by atoms with Crippen LogP contribution in [0, 0.1) is 11.8 Å². The van der Waals surface area contributed by atoms with Gasteiger partial charge in [-0.3, -0.25) is 10.1 Å². The summed E-state index contributed by atoms with van der Waals surface area (Å²) in [4.78, 5) is 15.0. The minimum atomic E-state index is -0.388.